The van der Waals surface area contributed by atoms with E-state index < -0.39 is 9.84 Å². The van der Waals surface area contributed by atoms with Crippen LogP contribution in [0.1, 0.15) is 46.0 Å². The molecule has 2 rings (SSSR count). The highest BCUT2D eigenvalue weighted by molar-refractivity contribution is 7.91. The lowest BCUT2D eigenvalue weighted by atomic mass is 9.81. The second-order valence-corrected chi connectivity index (χ2v) is 9.05. The Morgan fingerprint density at radius 3 is 1.95 bits per heavy atom. The second-order valence-electron chi connectivity index (χ2n) is 6.82. The molecule has 1 aliphatic carbocycles. The molecule has 1 saturated heterocycles. The van der Waals surface area contributed by atoms with Crippen LogP contribution in [0.3, 0.4) is 0 Å². The Morgan fingerprint density at radius 2 is 1.50 bits per heavy atom. The highest BCUT2D eigenvalue weighted by atomic mass is 32.2. The van der Waals surface area contributed by atoms with E-state index in [0.29, 0.717) is 19.3 Å². The van der Waals surface area contributed by atoms with Crippen molar-refractivity contribution in [3.05, 3.63) is 0 Å². The Bertz CT molecular complexity index is 522. The van der Waals surface area contributed by atoms with Gasteiger partial charge in [-0.1, -0.05) is 0 Å². The molecule has 1 unspecified atom stereocenters. The number of amides is 2. The lowest BCUT2D eigenvalue weighted by molar-refractivity contribution is -0.131. The third kappa shape index (κ3) is 4.69. The van der Waals surface area contributed by atoms with Gasteiger partial charge >= 0.3 is 0 Å². The summed E-state index contributed by atoms with van der Waals surface area (Å²) in [6.45, 7) is 3.87. The van der Waals surface area contributed by atoms with Crippen LogP contribution in [-0.2, 0) is 19.4 Å². The molecular formula is C15H26N2O4S. The van der Waals surface area contributed by atoms with Crippen molar-refractivity contribution in [3.63, 3.8) is 0 Å². The molecule has 1 heterocycles. The average molecular weight is 330 g/mol. The molecule has 0 aromatic heterocycles. The predicted octanol–water partition coefficient (Wildman–Crippen LogP) is 0.621. The Kier molecular flexibility index (Phi) is 5.47. The summed E-state index contributed by atoms with van der Waals surface area (Å²) < 4.78 is 22.8. The summed E-state index contributed by atoms with van der Waals surface area (Å²) in [5.41, 5.74) is 0. The molecule has 1 atom stereocenters. The van der Waals surface area contributed by atoms with Crippen LogP contribution in [-0.4, -0.2) is 43.8 Å². The summed E-state index contributed by atoms with van der Waals surface area (Å²) in [5.74, 6) is 0.163. The van der Waals surface area contributed by atoms with E-state index in [2.05, 4.69) is 10.6 Å². The zero-order valence-corrected chi connectivity index (χ0v) is 14.1. The fourth-order valence-corrected chi connectivity index (χ4v) is 4.92. The molecule has 22 heavy (non-hydrogen) atoms. The van der Waals surface area contributed by atoms with Gasteiger partial charge in [-0.25, -0.2) is 8.42 Å². The van der Waals surface area contributed by atoms with Gasteiger partial charge in [-0.3, -0.25) is 9.59 Å². The molecule has 7 heteroatoms. The number of rotatable bonds is 4. The topological polar surface area (TPSA) is 92.3 Å². The van der Waals surface area contributed by atoms with Gasteiger partial charge < -0.3 is 10.6 Å². The van der Waals surface area contributed by atoms with Crippen molar-refractivity contribution in [1.82, 2.24) is 10.6 Å². The Balaban J connectivity index is 1.77. The zero-order chi connectivity index (χ0) is 16.3. The fourth-order valence-electron chi connectivity index (χ4n) is 3.25. The molecular weight excluding hydrogens is 304 g/mol. The van der Waals surface area contributed by atoms with Crippen LogP contribution in [0.15, 0.2) is 0 Å². The monoisotopic (exact) mass is 330 g/mol. The maximum Gasteiger partial charge on any atom is 0.223 e. The molecule has 0 radical (unpaired) electrons. The summed E-state index contributed by atoms with van der Waals surface area (Å²) in [4.78, 5) is 24.2. The molecule has 2 fully saturated rings. The predicted molar refractivity (Wildman–Crippen MR) is 83.9 cm³/mol. The SMILES string of the molecule is CC(C)NC(=O)C1CCC(C(=O)NC2CCS(=O)(=O)C2)CC1. The van der Waals surface area contributed by atoms with E-state index in [1.54, 1.807) is 0 Å². The van der Waals surface area contributed by atoms with Gasteiger partial charge in [-0.15, -0.1) is 0 Å². The standard InChI is InChI=1S/C15H26N2O4S/c1-10(2)16-14(18)11-3-5-12(6-4-11)15(19)17-13-7-8-22(20,21)9-13/h10-13H,3-9H2,1-2H3,(H,16,18)(H,17,19). The van der Waals surface area contributed by atoms with Gasteiger partial charge in [0.15, 0.2) is 9.84 Å². The molecule has 6 nitrogen and oxygen atoms in total. The van der Waals surface area contributed by atoms with Crippen LogP contribution in [0.4, 0.5) is 0 Å². The minimum Gasteiger partial charge on any atom is -0.354 e. The number of hydrogen-bond acceptors (Lipinski definition) is 4. The molecule has 1 aliphatic heterocycles. The van der Waals surface area contributed by atoms with E-state index in [4.69, 9.17) is 0 Å². The smallest absolute Gasteiger partial charge is 0.223 e. The molecule has 0 aromatic rings. The normalized spacial score (nSPS) is 31.0. The first kappa shape index (κ1) is 17.2. The van der Waals surface area contributed by atoms with Crippen LogP contribution in [0.2, 0.25) is 0 Å². The van der Waals surface area contributed by atoms with Crippen molar-refractivity contribution in [2.45, 2.75) is 58.0 Å². The Hall–Kier alpha value is -1.11. The van der Waals surface area contributed by atoms with Crippen molar-refractivity contribution < 1.29 is 18.0 Å². The molecule has 0 bridgehead atoms. The number of carbonyl (C=O) groups is 2. The van der Waals surface area contributed by atoms with E-state index >= 15 is 0 Å². The van der Waals surface area contributed by atoms with Gasteiger partial charge in [0, 0.05) is 23.9 Å². The van der Waals surface area contributed by atoms with Crippen molar-refractivity contribution in [3.8, 4) is 0 Å². The lowest BCUT2D eigenvalue weighted by Gasteiger charge is -2.28. The number of carbonyl (C=O) groups excluding carboxylic acids is 2. The largest absolute Gasteiger partial charge is 0.354 e. The average Bonchev–Trinajstić information content (AvgIpc) is 2.77. The maximum absolute atomic E-state index is 12.2. The second kappa shape index (κ2) is 6.98. The third-order valence-electron chi connectivity index (χ3n) is 4.48. The minimum absolute atomic E-state index is 0.00157. The van der Waals surface area contributed by atoms with Gasteiger partial charge in [-0.2, -0.15) is 0 Å². The van der Waals surface area contributed by atoms with Gasteiger partial charge in [0.25, 0.3) is 0 Å². The summed E-state index contributed by atoms with van der Waals surface area (Å²) in [6.07, 6.45) is 3.35. The van der Waals surface area contributed by atoms with Crippen LogP contribution in [0.25, 0.3) is 0 Å². The molecule has 2 amide bonds. The van der Waals surface area contributed by atoms with Crippen LogP contribution >= 0.6 is 0 Å². The number of nitrogens with one attached hydrogen (secondary N) is 2. The van der Waals surface area contributed by atoms with Gasteiger partial charge in [-0.05, 0) is 46.0 Å². The molecule has 0 spiro atoms. The van der Waals surface area contributed by atoms with Crippen molar-refractivity contribution in [2.24, 2.45) is 11.8 Å². The van der Waals surface area contributed by atoms with E-state index in [-0.39, 0.29) is 47.2 Å². The van der Waals surface area contributed by atoms with Gasteiger partial charge in [0.2, 0.25) is 11.8 Å². The quantitative estimate of drug-likeness (QED) is 0.790. The van der Waals surface area contributed by atoms with Crippen LogP contribution < -0.4 is 10.6 Å². The summed E-state index contributed by atoms with van der Waals surface area (Å²) in [6, 6.07) is -0.0997. The van der Waals surface area contributed by atoms with Crippen LogP contribution in [0.5, 0.6) is 0 Å². The highest BCUT2D eigenvalue weighted by Crippen LogP contribution is 2.29. The fraction of sp³-hybridized carbons (Fsp3) is 0.867. The molecule has 1 saturated carbocycles. The van der Waals surface area contributed by atoms with E-state index in [1.165, 1.54) is 0 Å². The summed E-state index contributed by atoms with van der Waals surface area (Å²) in [5, 5.41) is 5.78. The van der Waals surface area contributed by atoms with E-state index in [0.717, 1.165) is 12.8 Å². The first-order valence-electron chi connectivity index (χ1n) is 8.08. The van der Waals surface area contributed by atoms with Crippen LogP contribution in [0, 0.1) is 11.8 Å². The maximum atomic E-state index is 12.2. The number of sulfone groups is 1. The summed E-state index contributed by atoms with van der Waals surface area (Å²) >= 11 is 0. The Morgan fingerprint density at radius 1 is 0.955 bits per heavy atom. The minimum atomic E-state index is -2.97. The highest BCUT2D eigenvalue weighted by Gasteiger charge is 2.33. The first-order chi connectivity index (χ1) is 10.3. The molecule has 2 N–H and O–H groups in total. The van der Waals surface area contributed by atoms with Crippen molar-refractivity contribution in [1.29, 1.82) is 0 Å². The van der Waals surface area contributed by atoms with E-state index in [9.17, 15) is 18.0 Å². The third-order valence-corrected chi connectivity index (χ3v) is 6.25. The Labute approximate surface area is 132 Å². The first-order valence-corrected chi connectivity index (χ1v) is 9.90. The molecule has 0 aromatic carbocycles. The molecule has 2 aliphatic rings. The van der Waals surface area contributed by atoms with Crippen molar-refractivity contribution in [2.75, 3.05) is 11.5 Å². The summed E-state index contributed by atoms with van der Waals surface area (Å²) in [7, 11) is -2.97. The zero-order valence-electron chi connectivity index (χ0n) is 13.3. The lowest BCUT2D eigenvalue weighted by Crippen LogP contribution is -2.42. The van der Waals surface area contributed by atoms with Gasteiger partial charge in [0.1, 0.15) is 0 Å². The molecule has 126 valence electrons. The van der Waals surface area contributed by atoms with E-state index in [1.807, 2.05) is 13.8 Å². The number of hydrogen-bond donors (Lipinski definition) is 2. The van der Waals surface area contributed by atoms with Crippen molar-refractivity contribution >= 4 is 21.7 Å². The van der Waals surface area contributed by atoms with Gasteiger partial charge in [0.05, 0.1) is 11.5 Å².